The van der Waals surface area contributed by atoms with Crippen LogP contribution in [0.15, 0.2) is 71.7 Å². The quantitative estimate of drug-likeness (QED) is 0.424. The molecule has 9 nitrogen and oxygen atoms in total. The molecule has 0 unspecified atom stereocenters. The number of ether oxygens (including phenoxy) is 1. The topological polar surface area (TPSA) is 110 Å². The van der Waals surface area contributed by atoms with Crippen molar-refractivity contribution in [2.75, 3.05) is 36.9 Å². The predicted molar refractivity (Wildman–Crippen MR) is 141 cm³/mol. The van der Waals surface area contributed by atoms with Crippen molar-refractivity contribution in [2.24, 2.45) is 11.8 Å². The summed E-state index contributed by atoms with van der Waals surface area (Å²) in [7, 11) is 0. The summed E-state index contributed by atoms with van der Waals surface area (Å²) in [5.74, 6) is -3.88. The van der Waals surface area contributed by atoms with E-state index in [1.54, 1.807) is 48.2 Å². The normalized spacial score (nSPS) is 17.1. The van der Waals surface area contributed by atoms with Gasteiger partial charge in [-0.2, -0.15) is 0 Å². The lowest BCUT2D eigenvalue weighted by Gasteiger charge is -2.18. The molecule has 2 atom stereocenters. The number of carbonyl (C=O) groups is 3. The summed E-state index contributed by atoms with van der Waals surface area (Å²) < 4.78 is 21.2. The van der Waals surface area contributed by atoms with E-state index >= 15 is 0 Å². The second-order valence-electron chi connectivity index (χ2n) is 8.77. The van der Waals surface area contributed by atoms with Crippen molar-refractivity contribution in [3.8, 4) is 5.69 Å². The highest BCUT2D eigenvalue weighted by atomic mass is 35.5. The fourth-order valence-electron chi connectivity index (χ4n) is 4.32. The first-order valence-electron chi connectivity index (χ1n) is 12.0. The highest BCUT2D eigenvalue weighted by molar-refractivity contribution is 6.30. The summed E-state index contributed by atoms with van der Waals surface area (Å²) in [5, 5.41) is 5.84. The molecule has 38 heavy (non-hydrogen) atoms. The third-order valence-electron chi connectivity index (χ3n) is 6.15. The van der Waals surface area contributed by atoms with Crippen molar-refractivity contribution < 1.29 is 23.5 Å². The van der Waals surface area contributed by atoms with E-state index in [0.717, 1.165) is 6.07 Å². The number of hydrogen-bond acceptors (Lipinski definition) is 6. The van der Waals surface area contributed by atoms with Crippen molar-refractivity contribution >= 4 is 40.8 Å². The molecule has 0 bridgehead atoms. The van der Waals surface area contributed by atoms with Crippen molar-refractivity contribution in [3.63, 3.8) is 0 Å². The van der Waals surface area contributed by atoms with Gasteiger partial charge in [0.15, 0.2) is 0 Å². The van der Waals surface area contributed by atoms with Gasteiger partial charge in [0.05, 0.1) is 36.4 Å². The lowest BCUT2D eigenvalue weighted by molar-refractivity contribution is -0.144. The van der Waals surface area contributed by atoms with Crippen LogP contribution in [0.4, 0.5) is 15.8 Å². The van der Waals surface area contributed by atoms with Crippen LogP contribution in [0.3, 0.4) is 0 Å². The van der Waals surface area contributed by atoms with E-state index in [1.165, 1.54) is 29.0 Å². The van der Waals surface area contributed by atoms with E-state index in [-0.39, 0.29) is 37.5 Å². The Balaban J connectivity index is 1.52. The van der Waals surface area contributed by atoms with Gasteiger partial charge in [0, 0.05) is 42.1 Å². The van der Waals surface area contributed by atoms with Crippen LogP contribution in [0.1, 0.15) is 6.92 Å². The first-order chi connectivity index (χ1) is 18.2. The lowest BCUT2D eigenvalue weighted by Crippen LogP contribution is -2.35. The molecule has 11 heteroatoms. The molecule has 2 amide bonds. The minimum absolute atomic E-state index is 0.0861. The Hall–Kier alpha value is -4.02. The minimum Gasteiger partial charge on any atom is -0.465 e. The number of rotatable bonds is 8. The number of nitrogens with zero attached hydrogens (tertiary/aromatic N) is 2. The second-order valence-corrected chi connectivity index (χ2v) is 9.21. The number of likely N-dealkylation sites (tertiary alicyclic amines) is 1. The summed E-state index contributed by atoms with van der Waals surface area (Å²) in [6.07, 6.45) is 1.51. The first-order valence-corrected chi connectivity index (χ1v) is 12.4. The summed E-state index contributed by atoms with van der Waals surface area (Å²) in [6, 6.07) is 15.1. The molecule has 1 fully saturated rings. The minimum atomic E-state index is -0.868. The number of nitrogens with one attached hydrogen (secondary N) is 2. The molecule has 1 aromatic heterocycles. The van der Waals surface area contributed by atoms with Crippen molar-refractivity contribution in [3.05, 3.63) is 88.1 Å². The van der Waals surface area contributed by atoms with E-state index in [4.69, 9.17) is 16.3 Å². The predicted octanol–water partition coefficient (Wildman–Crippen LogP) is 3.32. The smallest absolute Gasteiger partial charge is 0.320 e. The maximum atomic E-state index is 14.9. The Morgan fingerprint density at radius 3 is 2.32 bits per heavy atom. The number of carbonyl (C=O) groups excluding carboxylic acids is 3. The van der Waals surface area contributed by atoms with Gasteiger partial charge in [-0.15, -0.1) is 0 Å². The van der Waals surface area contributed by atoms with E-state index in [9.17, 15) is 23.6 Å². The van der Waals surface area contributed by atoms with Crippen LogP contribution in [0, 0.1) is 17.7 Å². The standard InChI is InChI=1S/C27H26ClFN4O5/c1-2-38-25(35)16-32-14-20(26(36)30-18-8-6-17(28)7-9-18)21(15-32)27(37)31-23-11-10-19(13-22(23)29)33-12-4-3-5-24(33)34/h3-13,20-21H,2,14-16H2,1H3,(H,30,36)(H,31,37)/t20-,21-/m0/s1. The van der Waals surface area contributed by atoms with E-state index in [2.05, 4.69) is 10.6 Å². The van der Waals surface area contributed by atoms with Crippen molar-refractivity contribution in [2.45, 2.75) is 6.92 Å². The number of pyridine rings is 1. The Morgan fingerprint density at radius 1 is 1.00 bits per heavy atom. The maximum Gasteiger partial charge on any atom is 0.320 e. The molecule has 0 saturated carbocycles. The fraction of sp³-hybridized carbons (Fsp3) is 0.259. The van der Waals surface area contributed by atoms with Gasteiger partial charge in [0.1, 0.15) is 5.82 Å². The molecule has 0 radical (unpaired) electrons. The Kier molecular flexibility index (Phi) is 8.55. The molecule has 2 N–H and O–H groups in total. The molecule has 3 aromatic rings. The number of benzene rings is 2. The lowest BCUT2D eigenvalue weighted by atomic mass is 9.94. The van der Waals surface area contributed by atoms with Gasteiger partial charge < -0.3 is 15.4 Å². The monoisotopic (exact) mass is 540 g/mol. The molecule has 2 aromatic carbocycles. The van der Waals surface area contributed by atoms with E-state index < -0.39 is 35.4 Å². The SMILES string of the molecule is CCOC(=O)CN1C[C@H](C(=O)Nc2ccc(Cl)cc2)[C@@H](C(=O)Nc2ccc(-n3ccccc3=O)cc2F)C1. The summed E-state index contributed by atoms with van der Waals surface area (Å²) in [4.78, 5) is 52.2. The van der Waals surface area contributed by atoms with Crippen LogP contribution in [-0.4, -0.2) is 53.5 Å². The first kappa shape index (κ1) is 27.0. The van der Waals surface area contributed by atoms with Crippen molar-refractivity contribution in [1.82, 2.24) is 9.47 Å². The van der Waals surface area contributed by atoms with Crippen LogP contribution < -0.4 is 16.2 Å². The summed E-state index contributed by atoms with van der Waals surface area (Å²) in [6.45, 7) is 2.05. The molecular formula is C27H26ClFN4O5. The summed E-state index contributed by atoms with van der Waals surface area (Å²) in [5.41, 5.74) is 0.377. The highest BCUT2D eigenvalue weighted by Gasteiger charge is 2.42. The number of hydrogen-bond donors (Lipinski definition) is 2. The van der Waals surface area contributed by atoms with Crippen LogP contribution >= 0.6 is 11.6 Å². The number of aromatic nitrogens is 1. The third-order valence-corrected chi connectivity index (χ3v) is 6.40. The molecular weight excluding hydrogens is 515 g/mol. The van der Waals surface area contributed by atoms with Gasteiger partial charge in [0.2, 0.25) is 11.8 Å². The average Bonchev–Trinajstić information content (AvgIpc) is 3.31. The molecule has 0 spiro atoms. The van der Waals surface area contributed by atoms with Crippen LogP contribution in [0.2, 0.25) is 5.02 Å². The highest BCUT2D eigenvalue weighted by Crippen LogP contribution is 2.28. The fourth-order valence-corrected chi connectivity index (χ4v) is 4.45. The van der Waals surface area contributed by atoms with Crippen LogP contribution in [0.5, 0.6) is 0 Å². The molecule has 1 aliphatic rings. The number of amides is 2. The van der Waals surface area contributed by atoms with Gasteiger partial charge in [-0.05, 0) is 49.4 Å². The maximum absolute atomic E-state index is 14.9. The molecule has 4 rings (SSSR count). The zero-order valence-corrected chi connectivity index (χ0v) is 21.3. The number of halogens is 2. The van der Waals surface area contributed by atoms with Gasteiger partial charge >= 0.3 is 5.97 Å². The second kappa shape index (κ2) is 12.0. The number of anilines is 2. The Labute approximate surface area is 223 Å². The van der Waals surface area contributed by atoms with Crippen LogP contribution in [0.25, 0.3) is 5.69 Å². The molecule has 1 aliphatic heterocycles. The van der Waals surface area contributed by atoms with Gasteiger partial charge in [0.25, 0.3) is 5.56 Å². The molecule has 2 heterocycles. The largest absolute Gasteiger partial charge is 0.465 e. The molecule has 198 valence electrons. The summed E-state index contributed by atoms with van der Waals surface area (Å²) >= 11 is 5.91. The molecule has 0 aliphatic carbocycles. The Morgan fingerprint density at radius 2 is 1.68 bits per heavy atom. The van der Waals surface area contributed by atoms with Crippen molar-refractivity contribution in [1.29, 1.82) is 0 Å². The van der Waals surface area contributed by atoms with E-state index in [0.29, 0.717) is 16.4 Å². The Bertz CT molecular complexity index is 1390. The zero-order valence-electron chi connectivity index (χ0n) is 20.5. The van der Waals surface area contributed by atoms with E-state index in [1.807, 2.05) is 0 Å². The van der Waals surface area contributed by atoms with Gasteiger partial charge in [-0.25, -0.2) is 4.39 Å². The zero-order chi connectivity index (χ0) is 27.2. The average molecular weight is 541 g/mol. The molecule has 1 saturated heterocycles. The van der Waals surface area contributed by atoms with Gasteiger partial charge in [-0.3, -0.25) is 28.6 Å². The van der Waals surface area contributed by atoms with Crippen LogP contribution in [-0.2, 0) is 19.1 Å². The number of esters is 1. The third kappa shape index (κ3) is 6.45. The van der Waals surface area contributed by atoms with Gasteiger partial charge in [-0.1, -0.05) is 17.7 Å².